The van der Waals surface area contributed by atoms with Crippen molar-refractivity contribution in [3.05, 3.63) is 34.6 Å². The van der Waals surface area contributed by atoms with Gasteiger partial charge in [0.2, 0.25) is 0 Å². The first-order valence-electron chi connectivity index (χ1n) is 5.71. The zero-order valence-electron chi connectivity index (χ0n) is 10.0. The van der Waals surface area contributed by atoms with Crippen molar-refractivity contribution in [2.24, 2.45) is 0 Å². The highest BCUT2D eigenvalue weighted by atomic mass is 79.9. The van der Waals surface area contributed by atoms with Crippen LogP contribution in [-0.4, -0.2) is 27.3 Å². The van der Waals surface area contributed by atoms with Crippen LogP contribution >= 0.6 is 27.7 Å². The van der Waals surface area contributed by atoms with Crippen molar-refractivity contribution in [1.82, 2.24) is 8.75 Å². The molecule has 0 saturated carbocycles. The van der Waals surface area contributed by atoms with Crippen LogP contribution in [-0.2, 0) is 0 Å². The maximum atomic E-state index is 12.4. The van der Waals surface area contributed by atoms with Gasteiger partial charge in [-0.25, -0.2) is 0 Å². The van der Waals surface area contributed by atoms with E-state index in [9.17, 15) is 4.79 Å². The first-order valence-corrected chi connectivity index (χ1v) is 7.23. The van der Waals surface area contributed by atoms with Gasteiger partial charge >= 0.3 is 0 Å². The molecule has 1 amide bonds. The van der Waals surface area contributed by atoms with Crippen LogP contribution in [0.3, 0.4) is 0 Å². The zero-order chi connectivity index (χ0) is 13.4. The second-order valence-electron chi connectivity index (χ2n) is 4.25. The molecule has 7 heteroatoms. The molecule has 98 valence electrons. The van der Waals surface area contributed by atoms with E-state index in [-0.39, 0.29) is 12.0 Å². The van der Waals surface area contributed by atoms with Gasteiger partial charge in [0.1, 0.15) is 11.9 Å². The Hall–Kier alpha value is -1.47. The quantitative estimate of drug-likeness (QED) is 0.801. The fourth-order valence-corrected chi connectivity index (χ4v) is 2.76. The Morgan fingerprint density at radius 2 is 2.42 bits per heavy atom. The van der Waals surface area contributed by atoms with Gasteiger partial charge in [-0.2, -0.15) is 8.75 Å². The molecule has 0 bridgehead atoms. The fraction of sp³-hybridized carbons (Fsp3) is 0.250. The average Bonchev–Trinajstić information content (AvgIpc) is 2.91. The first-order chi connectivity index (χ1) is 9.15. The normalized spacial score (nSPS) is 17.8. The number of hydrogen-bond acceptors (Lipinski definition) is 5. The number of anilines is 1. The van der Waals surface area contributed by atoms with Crippen molar-refractivity contribution in [1.29, 1.82) is 0 Å². The number of aromatic nitrogens is 2. The van der Waals surface area contributed by atoms with Gasteiger partial charge in [-0.15, -0.1) is 0 Å². The van der Waals surface area contributed by atoms with Crippen molar-refractivity contribution >= 4 is 39.3 Å². The third kappa shape index (κ3) is 2.35. The van der Waals surface area contributed by atoms with E-state index in [1.807, 2.05) is 25.1 Å². The smallest absolute Gasteiger partial charge is 0.279 e. The number of hydrogen-bond donors (Lipinski definition) is 0. The van der Waals surface area contributed by atoms with E-state index in [4.69, 9.17) is 4.74 Å². The van der Waals surface area contributed by atoms with Gasteiger partial charge in [0.25, 0.3) is 5.91 Å². The second kappa shape index (κ2) is 4.90. The molecule has 0 spiro atoms. The number of halogens is 1. The molecule has 5 nitrogen and oxygen atoms in total. The molecule has 0 fully saturated rings. The Labute approximate surface area is 122 Å². The molecular weight excluding hydrogens is 330 g/mol. The Bertz CT molecular complexity index is 617. The van der Waals surface area contributed by atoms with Crippen molar-refractivity contribution in [3.8, 4) is 5.75 Å². The minimum Gasteiger partial charge on any atom is -0.487 e. The molecule has 1 aromatic heterocycles. The van der Waals surface area contributed by atoms with Gasteiger partial charge in [0, 0.05) is 4.47 Å². The highest BCUT2D eigenvalue weighted by Crippen LogP contribution is 2.36. The van der Waals surface area contributed by atoms with Crippen molar-refractivity contribution in [2.75, 3.05) is 11.4 Å². The number of amides is 1. The molecule has 2 heterocycles. The van der Waals surface area contributed by atoms with Crippen LogP contribution in [0.5, 0.6) is 5.75 Å². The summed E-state index contributed by atoms with van der Waals surface area (Å²) in [5, 5.41) is 0. The van der Waals surface area contributed by atoms with Crippen molar-refractivity contribution < 1.29 is 9.53 Å². The Morgan fingerprint density at radius 3 is 3.16 bits per heavy atom. The molecule has 1 aliphatic heterocycles. The SMILES string of the molecule is CC1CN(C(=O)c2cnsn2)c2cc(Br)ccc2O1. The minimum atomic E-state index is -0.150. The van der Waals surface area contributed by atoms with E-state index < -0.39 is 0 Å². The number of carbonyl (C=O) groups is 1. The van der Waals surface area contributed by atoms with Crippen LogP contribution in [0.15, 0.2) is 28.9 Å². The molecular formula is C12H10BrN3O2S. The maximum Gasteiger partial charge on any atom is 0.279 e. The van der Waals surface area contributed by atoms with Crippen LogP contribution in [0.1, 0.15) is 17.4 Å². The van der Waals surface area contributed by atoms with Crippen LogP contribution in [0, 0.1) is 0 Å². The molecule has 1 aromatic carbocycles. The molecule has 1 atom stereocenters. The lowest BCUT2D eigenvalue weighted by Gasteiger charge is -2.33. The predicted molar refractivity (Wildman–Crippen MR) is 75.8 cm³/mol. The summed E-state index contributed by atoms with van der Waals surface area (Å²) in [6.45, 7) is 2.43. The molecule has 0 N–H and O–H groups in total. The highest BCUT2D eigenvalue weighted by Gasteiger charge is 2.29. The number of fused-ring (bicyclic) bond motifs is 1. The number of carbonyl (C=O) groups excluding carboxylic acids is 1. The van der Waals surface area contributed by atoms with Crippen LogP contribution in [0.2, 0.25) is 0 Å². The van der Waals surface area contributed by atoms with E-state index in [2.05, 4.69) is 24.7 Å². The van der Waals surface area contributed by atoms with Crippen molar-refractivity contribution in [3.63, 3.8) is 0 Å². The summed E-state index contributed by atoms with van der Waals surface area (Å²) in [5.74, 6) is 0.557. The summed E-state index contributed by atoms with van der Waals surface area (Å²) < 4.78 is 14.5. The van der Waals surface area contributed by atoms with Gasteiger partial charge in [0.05, 0.1) is 30.2 Å². The molecule has 0 aliphatic carbocycles. The van der Waals surface area contributed by atoms with Gasteiger partial charge in [0.15, 0.2) is 5.69 Å². The molecule has 3 rings (SSSR count). The van der Waals surface area contributed by atoms with Crippen LogP contribution in [0.4, 0.5) is 5.69 Å². The Kier molecular flexibility index (Phi) is 3.24. The number of benzene rings is 1. The van der Waals surface area contributed by atoms with Gasteiger partial charge < -0.3 is 4.74 Å². The Balaban J connectivity index is 2.03. The van der Waals surface area contributed by atoms with E-state index in [0.717, 1.165) is 21.9 Å². The van der Waals surface area contributed by atoms with Gasteiger partial charge in [-0.1, -0.05) is 15.9 Å². The van der Waals surface area contributed by atoms with Gasteiger partial charge in [-0.3, -0.25) is 9.69 Å². The topological polar surface area (TPSA) is 55.3 Å². The lowest BCUT2D eigenvalue weighted by atomic mass is 10.2. The average molecular weight is 340 g/mol. The predicted octanol–water partition coefficient (Wildman–Crippen LogP) is 2.73. The second-order valence-corrected chi connectivity index (χ2v) is 5.72. The standard InChI is InChI=1S/C12H10BrN3O2S/c1-7-6-16(12(17)9-5-14-19-15-9)10-4-8(13)2-3-11(10)18-7/h2-5,7H,6H2,1H3. The molecule has 1 aliphatic rings. The lowest BCUT2D eigenvalue weighted by Crippen LogP contribution is -2.42. The van der Waals surface area contributed by atoms with E-state index in [0.29, 0.717) is 18.0 Å². The fourth-order valence-electron chi connectivity index (χ4n) is 2.00. The summed E-state index contributed by atoms with van der Waals surface area (Å²) in [6.07, 6.45) is 1.44. The van der Waals surface area contributed by atoms with Crippen molar-refractivity contribution in [2.45, 2.75) is 13.0 Å². The van der Waals surface area contributed by atoms with E-state index >= 15 is 0 Å². The third-order valence-corrected chi connectivity index (χ3v) is 3.78. The van der Waals surface area contributed by atoms with Crippen LogP contribution < -0.4 is 9.64 Å². The third-order valence-electron chi connectivity index (χ3n) is 2.81. The summed E-state index contributed by atoms with van der Waals surface area (Å²) in [7, 11) is 0. The highest BCUT2D eigenvalue weighted by molar-refractivity contribution is 9.10. The van der Waals surface area contributed by atoms with Gasteiger partial charge in [-0.05, 0) is 25.1 Å². The summed E-state index contributed by atoms with van der Waals surface area (Å²) in [6, 6.07) is 5.62. The summed E-state index contributed by atoms with van der Waals surface area (Å²) >= 11 is 4.44. The zero-order valence-corrected chi connectivity index (χ0v) is 12.4. The van der Waals surface area contributed by atoms with E-state index in [1.165, 1.54) is 6.20 Å². The summed E-state index contributed by atoms with van der Waals surface area (Å²) in [4.78, 5) is 14.1. The Morgan fingerprint density at radius 1 is 1.58 bits per heavy atom. The summed E-state index contributed by atoms with van der Waals surface area (Å²) in [5.41, 5.74) is 1.12. The minimum absolute atomic E-state index is 0.0516. The molecule has 0 radical (unpaired) electrons. The number of nitrogens with zero attached hydrogens (tertiary/aromatic N) is 3. The largest absolute Gasteiger partial charge is 0.487 e. The molecule has 0 saturated heterocycles. The van der Waals surface area contributed by atoms with Crippen LogP contribution in [0.25, 0.3) is 0 Å². The molecule has 2 aromatic rings. The van der Waals surface area contributed by atoms with E-state index in [1.54, 1.807) is 4.90 Å². The lowest BCUT2D eigenvalue weighted by molar-refractivity contribution is 0.0957. The maximum absolute atomic E-state index is 12.4. The number of rotatable bonds is 1. The molecule has 19 heavy (non-hydrogen) atoms. The first kappa shape index (κ1) is 12.6. The monoisotopic (exact) mass is 339 g/mol. The molecule has 1 unspecified atom stereocenters. The number of ether oxygens (including phenoxy) is 1.